The van der Waals surface area contributed by atoms with Gasteiger partial charge in [0, 0.05) is 5.92 Å². The zero-order valence-corrected chi connectivity index (χ0v) is 17.0. The lowest BCUT2D eigenvalue weighted by atomic mass is 10.1. The first kappa shape index (κ1) is 24.9. The summed E-state index contributed by atoms with van der Waals surface area (Å²) in [6.45, 7) is 2.02. The number of benzene rings is 1. The summed E-state index contributed by atoms with van der Waals surface area (Å²) in [6.07, 6.45) is -0.0675. The number of amides is 2. The SMILES string of the molecule is CCOc1ccc(CC(=O)N[C@@H]2C[C@H](C(=O)NCC(=O)OC)C[C@H]2O)cc1.O=CO. The summed E-state index contributed by atoms with van der Waals surface area (Å²) in [4.78, 5) is 43.8. The zero-order valence-electron chi connectivity index (χ0n) is 17.0. The van der Waals surface area contributed by atoms with Gasteiger partial charge in [-0.1, -0.05) is 12.1 Å². The van der Waals surface area contributed by atoms with Gasteiger partial charge in [0.2, 0.25) is 11.8 Å². The van der Waals surface area contributed by atoms with Crippen LogP contribution in [-0.4, -0.2) is 66.9 Å². The number of carboxylic acid groups (broad SMARTS) is 1. The molecule has 1 saturated carbocycles. The number of carbonyl (C=O) groups excluding carboxylic acids is 3. The largest absolute Gasteiger partial charge is 0.494 e. The lowest BCUT2D eigenvalue weighted by molar-refractivity contribution is -0.141. The molecule has 2 amide bonds. The van der Waals surface area contributed by atoms with Gasteiger partial charge in [0.05, 0.1) is 32.3 Å². The van der Waals surface area contributed by atoms with Crippen LogP contribution in [0.5, 0.6) is 5.75 Å². The van der Waals surface area contributed by atoms with E-state index in [1.165, 1.54) is 7.11 Å². The fourth-order valence-corrected chi connectivity index (χ4v) is 3.07. The molecule has 10 heteroatoms. The number of aliphatic hydroxyl groups is 1. The fourth-order valence-electron chi connectivity index (χ4n) is 3.07. The monoisotopic (exact) mass is 424 g/mol. The van der Waals surface area contributed by atoms with Gasteiger partial charge in [-0.3, -0.25) is 19.2 Å². The van der Waals surface area contributed by atoms with Crippen molar-refractivity contribution in [3.63, 3.8) is 0 Å². The quantitative estimate of drug-likeness (QED) is 0.333. The number of rotatable bonds is 8. The molecule has 1 aromatic carbocycles. The number of hydrogen-bond acceptors (Lipinski definition) is 7. The van der Waals surface area contributed by atoms with Gasteiger partial charge in [-0.05, 0) is 37.5 Å². The molecule has 0 bridgehead atoms. The first-order valence-corrected chi connectivity index (χ1v) is 9.46. The van der Waals surface area contributed by atoms with Crippen LogP contribution in [0.3, 0.4) is 0 Å². The van der Waals surface area contributed by atoms with E-state index >= 15 is 0 Å². The Morgan fingerprint density at radius 3 is 2.40 bits per heavy atom. The molecule has 30 heavy (non-hydrogen) atoms. The molecule has 1 aliphatic rings. The van der Waals surface area contributed by atoms with Gasteiger partial charge in [-0.25, -0.2) is 0 Å². The second-order valence-electron chi connectivity index (χ2n) is 6.56. The molecule has 10 nitrogen and oxygen atoms in total. The zero-order chi connectivity index (χ0) is 22.5. The number of methoxy groups -OCH3 is 1. The molecule has 2 rings (SSSR count). The molecule has 0 spiro atoms. The first-order valence-electron chi connectivity index (χ1n) is 9.46. The molecule has 1 aliphatic carbocycles. The number of carbonyl (C=O) groups is 4. The Kier molecular flexibility index (Phi) is 10.9. The maximum Gasteiger partial charge on any atom is 0.325 e. The van der Waals surface area contributed by atoms with E-state index in [9.17, 15) is 19.5 Å². The van der Waals surface area contributed by atoms with E-state index in [2.05, 4.69) is 15.4 Å². The number of nitrogens with one attached hydrogen (secondary N) is 2. The molecule has 4 N–H and O–H groups in total. The Labute approximate surface area is 174 Å². The van der Waals surface area contributed by atoms with Crippen molar-refractivity contribution in [2.24, 2.45) is 5.92 Å². The summed E-state index contributed by atoms with van der Waals surface area (Å²) in [5.41, 5.74) is 0.829. The number of aliphatic hydroxyl groups excluding tert-OH is 1. The first-order chi connectivity index (χ1) is 14.3. The third-order valence-electron chi connectivity index (χ3n) is 4.48. The van der Waals surface area contributed by atoms with Crippen LogP contribution in [0.2, 0.25) is 0 Å². The smallest absolute Gasteiger partial charge is 0.325 e. The second-order valence-corrected chi connectivity index (χ2v) is 6.56. The standard InChI is InChI=1S/C19H26N2O6.CH2O2/c1-3-27-14-6-4-12(5-7-14)8-17(23)21-15-9-13(10-16(15)22)19(25)20-11-18(24)26-2;2-1-3/h4-7,13,15-16,22H,3,8-11H2,1-2H3,(H,20,25)(H,21,23);1H,(H,2,3)/t13-,15+,16+;/m0./s1. The van der Waals surface area contributed by atoms with Gasteiger partial charge < -0.3 is 30.3 Å². The summed E-state index contributed by atoms with van der Waals surface area (Å²) in [5, 5.41) is 22.3. The average molecular weight is 424 g/mol. The van der Waals surface area contributed by atoms with Gasteiger partial charge in [0.1, 0.15) is 12.3 Å². The molecule has 1 fully saturated rings. The van der Waals surface area contributed by atoms with Gasteiger partial charge in [0.25, 0.3) is 6.47 Å². The Balaban J connectivity index is 0.00000141. The normalized spacial score (nSPS) is 19.6. The molecular formula is C20H28N2O8. The predicted octanol–water partition coefficient (Wildman–Crippen LogP) is -0.126. The third kappa shape index (κ3) is 8.48. The topological polar surface area (TPSA) is 151 Å². The Morgan fingerprint density at radius 1 is 1.20 bits per heavy atom. The molecule has 0 aromatic heterocycles. The third-order valence-corrected chi connectivity index (χ3v) is 4.48. The maximum atomic E-state index is 12.2. The molecule has 0 heterocycles. The van der Waals surface area contributed by atoms with E-state index < -0.39 is 24.0 Å². The Bertz CT molecular complexity index is 707. The van der Waals surface area contributed by atoms with E-state index in [4.69, 9.17) is 14.6 Å². The molecule has 0 aliphatic heterocycles. The van der Waals surface area contributed by atoms with Gasteiger partial charge in [0.15, 0.2) is 0 Å². The summed E-state index contributed by atoms with van der Waals surface area (Å²) >= 11 is 0. The lowest BCUT2D eigenvalue weighted by Crippen LogP contribution is -2.41. The van der Waals surface area contributed by atoms with Crippen LogP contribution in [0, 0.1) is 5.92 Å². The van der Waals surface area contributed by atoms with Crippen molar-refractivity contribution < 1.29 is 38.9 Å². The molecule has 3 atom stereocenters. The van der Waals surface area contributed by atoms with Gasteiger partial charge in [-0.15, -0.1) is 0 Å². The summed E-state index contributed by atoms with van der Waals surface area (Å²) in [7, 11) is 1.24. The van der Waals surface area contributed by atoms with Crippen molar-refractivity contribution >= 4 is 24.3 Å². The van der Waals surface area contributed by atoms with Crippen molar-refractivity contribution in [1.29, 1.82) is 0 Å². The summed E-state index contributed by atoms with van der Waals surface area (Å²) in [5.74, 6) is -0.808. The van der Waals surface area contributed by atoms with Crippen molar-refractivity contribution in [2.45, 2.75) is 38.3 Å². The van der Waals surface area contributed by atoms with Crippen LogP contribution in [0.25, 0.3) is 0 Å². The highest BCUT2D eigenvalue weighted by molar-refractivity contribution is 5.84. The Hall–Kier alpha value is -3.14. The molecule has 1 aromatic rings. The molecule has 0 unspecified atom stereocenters. The van der Waals surface area contributed by atoms with Crippen LogP contribution >= 0.6 is 0 Å². The number of esters is 1. The second kappa shape index (κ2) is 13.2. The maximum absolute atomic E-state index is 12.2. The van der Waals surface area contributed by atoms with Crippen molar-refractivity contribution in [3.05, 3.63) is 29.8 Å². The van der Waals surface area contributed by atoms with Crippen molar-refractivity contribution in [3.8, 4) is 5.75 Å². The summed E-state index contributed by atoms with van der Waals surface area (Å²) in [6, 6.07) is 6.75. The predicted molar refractivity (Wildman–Crippen MR) is 106 cm³/mol. The highest BCUT2D eigenvalue weighted by atomic mass is 16.5. The molecule has 166 valence electrons. The highest BCUT2D eigenvalue weighted by Crippen LogP contribution is 2.26. The minimum Gasteiger partial charge on any atom is -0.494 e. The van der Waals surface area contributed by atoms with Crippen LogP contribution in [-0.2, 0) is 30.3 Å². The minimum absolute atomic E-state index is 0.175. The van der Waals surface area contributed by atoms with E-state index in [1.54, 1.807) is 12.1 Å². The van der Waals surface area contributed by atoms with E-state index in [1.807, 2.05) is 19.1 Å². The molecular weight excluding hydrogens is 396 g/mol. The van der Waals surface area contributed by atoms with E-state index in [-0.39, 0.29) is 37.7 Å². The lowest BCUT2D eigenvalue weighted by Gasteiger charge is -2.16. The van der Waals surface area contributed by atoms with Crippen LogP contribution in [0.15, 0.2) is 24.3 Å². The average Bonchev–Trinajstić information content (AvgIpc) is 3.08. The van der Waals surface area contributed by atoms with E-state index in [0.29, 0.717) is 13.0 Å². The van der Waals surface area contributed by atoms with Gasteiger partial charge in [-0.2, -0.15) is 0 Å². The number of ether oxygens (including phenoxy) is 2. The Morgan fingerprint density at radius 2 is 1.83 bits per heavy atom. The van der Waals surface area contributed by atoms with Crippen molar-refractivity contribution in [2.75, 3.05) is 20.3 Å². The van der Waals surface area contributed by atoms with Crippen LogP contribution in [0.4, 0.5) is 0 Å². The summed E-state index contributed by atoms with van der Waals surface area (Å²) < 4.78 is 9.83. The van der Waals surface area contributed by atoms with Crippen LogP contribution < -0.4 is 15.4 Å². The van der Waals surface area contributed by atoms with Crippen molar-refractivity contribution in [1.82, 2.24) is 10.6 Å². The molecule has 0 saturated heterocycles. The van der Waals surface area contributed by atoms with Gasteiger partial charge >= 0.3 is 5.97 Å². The van der Waals surface area contributed by atoms with E-state index in [0.717, 1.165) is 11.3 Å². The number of hydrogen-bond donors (Lipinski definition) is 4. The molecule has 0 radical (unpaired) electrons. The fraction of sp³-hybridized carbons (Fsp3) is 0.500. The van der Waals surface area contributed by atoms with Crippen LogP contribution in [0.1, 0.15) is 25.3 Å². The highest BCUT2D eigenvalue weighted by Gasteiger charge is 2.37. The minimum atomic E-state index is -0.803.